The summed E-state index contributed by atoms with van der Waals surface area (Å²) >= 11 is 12.8. The number of unbranched alkanes of at least 4 members (excludes halogenated alkanes) is 1. The third-order valence-corrected chi connectivity index (χ3v) is 6.25. The molecule has 1 aliphatic carbocycles. The molecule has 0 bridgehead atoms. The number of halogens is 2. The number of ether oxygens (including phenoxy) is 1. The minimum atomic E-state index is 0.153. The Balaban J connectivity index is 1.67. The summed E-state index contributed by atoms with van der Waals surface area (Å²) in [5.41, 5.74) is 3.54. The van der Waals surface area contributed by atoms with E-state index in [4.69, 9.17) is 27.9 Å². The molecule has 26 heavy (non-hydrogen) atoms. The second-order valence-electron chi connectivity index (χ2n) is 7.07. The molecule has 3 atom stereocenters. The molecule has 2 aromatic rings. The van der Waals surface area contributed by atoms with E-state index in [2.05, 4.69) is 48.7 Å². The Labute approximate surface area is 165 Å². The van der Waals surface area contributed by atoms with Gasteiger partial charge in [0.15, 0.2) is 0 Å². The van der Waals surface area contributed by atoms with Gasteiger partial charge in [0.05, 0.1) is 22.7 Å². The number of nitrogens with one attached hydrogen (secondary N) is 1. The summed E-state index contributed by atoms with van der Waals surface area (Å²) in [7, 11) is 0. The number of rotatable bonds is 5. The fourth-order valence-electron chi connectivity index (χ4n) is 4.07. The van der Waals surface area contributed by atoms with Crippen molar-refractivity contribution in [3.63, 3.8) is 0 Å². The average Bonchev–Trinajstić information content (AvgIpc) is 3.14. The molecule has 2 aromatic carbocycles. The zero-order chi connectivity index (χ0) is 18.1. The standard InChI is InChI=1S/C22H23Cl2NO/c1-2-3-12-26-14-10-11-20-18(13-14)15-6-4-7-16(15)22(25-20)17-8-5-9-19(23)21(17)24/h4-6,8-11,13,15-16,22,25H,2-3,7,12H2,1H3. The van der Waals surface area contributed by atoms with Gasteiger partial charge in [0.25, 0.3) is 0 Å². The molecule has 4 rings (SSSR count). The predicted octanol–water partition coefficient (Wildman–Crippen LogP) is 7.00. The van der Waals surface area contributed by atoms with Crippen molar-refractivity contribution in [2.24, 2.45) is 5.92 Å². The SMILES string of the molecule is CCCCOc1ccc2c(c1)C1C=CCC1C(c1cccc(Cl)c1Cl)N2. The maximum Gasteiger partial charge on any atom is 0.119 e. The molecule has 0 radical (unpaired) electrons. The average molecular weight is 388 g/mol. The van der Waals surface area contributed by atoms with Crippen LogP contribution in [0.2, 0.25) is 10.0 Å². The Kier molecular flexibility index (Phi) is 5.15. The first-order chi connectivity index (χ1) is 12.7. The van der Waals surface area contributed by atoms with Crippen LogP contribution >= 0.6 is 23.2 Å². The maximum absolute atomic E-state index is 6.53. The van der Waals surface area contributed by atoms with E-state index < -0.39 is 0 Å². The zero-order valence-electron chi connectivity index (χ0n) is 14.8. The largest absolute Gasteiger partial charge is 0.494 e. The number of hydrogen-bond donors (Lipinski definition) is 1. The predicted molar refractivity (Wildman–Crippen MR) is 110 cm³/mol. The molecule has 136 valence electrons. The summed E-state index contributed by atoms with van der Waals surface area (Å²) < 4.78 is 5.92. The van der Waals surface area contributed by atoms with Crippen LogP contribution in [-0.4, -0.2) is 6.61 Å². The zero-order valence-corrected chi connectivity index (χ0v) is 16.4. The van der Waals surface area contributed by atoms with Crippen LogP contribution in [0.15, 0.2) is 48.6 Å². The lowest BCUT2D eigenvalue weighted by Gasteiger charge is -2.38. The normalized spacial score (nSPS) is 23.3. The van der Waals surface area contributed by atoms with Crippen molar-refractivity contribution in [2.45, 2.75) is 38.1 Å². The molecule has 0 amide bonds. The highest BCUT2D eigenvalue weighted by Gasteiger charge is 2.39. The summed E-state index contributed by atoms with van der Waals surface area (Å²) in [6, 6.07) is 12.4. The summed E-state index contributed by atoms with van der Waals surface area (Å²) in [6.45, 7) is 2.95. The molecule has 3 unspecified atom stereocenters. The Morgan fingerprint density at radius 3 is 2.88 bits per heavy atom. The number of allylic oxidation sites excluding steroid dienone is 2. The van der Waals surface area contributed by atoms with Crippen LogP contribution in [0.25, 0.3) is 0 Å². The fourth-order valence-corrected chi connectivity index (χ4v) is 4.49. The highest BCUT2D eigenvalue weighted by molar-refractivity contribution is 6.42. The second-order valence-corrected chi connectivity index (χ2v) is 7.85. The molecular formula is C22H23Cl2NO. The van der Waals surface area contributed by atoms with Crippen LogP contribution in [0.4, 0.5) is 5.69 Å². The van der Waals surface area contributed by atoms with Crippen molar-refractivity contribution in [1.29, 1.82) is 0 Å². The Morgan fingerprint density at radius 2 is 2.04 bits per heavy atom. The molecule has 0 fully saturated rings. The van der Waals surface area contributed by atoms with Gasteiger partial charge in [-0.1, -0.05) is 60.8 Å². The molecule has 2 aliphatic rings. The van der Waals surface area contributed by atoms with Gasteiger partial charge in [-0.05, 0) is 54.2 Å². The van der Waals surface area contributed by atoms with Crippen LogP contribution in [0.1, 0.15) is 49.3 Å². The Hall–Kier alpha value is -1.64. The van der Waals surface area contributed by atoms with Crippen LogP contribution in [0, 0.1) is 5.92 Å². The summed E-state index contributed by atoms with van der Waals surface area (Å²) in [6.07, 6.45) is 7.86. The minimum Gasteiger partial charge on any atom is -0.494 e. The van der Waals surface area contributed by atoms with Crippen molar-refractivity contribution in [2.75, 3.05) is 11.9 Å². The topological polar surface area (TPSA) is 21.3 Å². The van der Waals surface area contributed by atoms with Gasteiger partial charge in [0.1, 0.15) is 5.75 Å². The van der Waals surface area contributed by atoms with Gasteiger partial charge in [-0.3, -0.25) is 0 Å². The van der Waals surface area contributed by atoms with E-state index in [0.717, 1.165) is 42.9 Å². The lowest BCUT2D eigenvalue weighted by molar-refractivity contribution is 0.308. The summed E-state index contributed by atoms with van der Waals surface area (Å²) in [5.74, 6) is 1.77. The van der Waals surface area contributed by atoms with Crippen molar-refractivity contribution < 1.29 is 4.74 Å². The quantitative estimate of drug-likeness (QED) is 0.440. The van der Waals surface area contributed by atoms with Crippen molar-refractivity contribution >= 4 is 28.9 Å². The van der Waals surface area contributed by atoms with Gasteiger partial charge in [0.2, 0.25) is 0 Å². The Bertz CT molecular complexity index is 833. The van der Waals surface area contributed by atoms with E-state index in [9.17, 15) is 0 Å². The van der Waals surface area contributed by atoms with E-state index in [-0.39, 0.29) is 6.04 Å². The van der Waals surface area contributed by atoms with E-state index in [0.29, 0.717) is 21.9 Å². The highest BCUT2D eigenvalue weighted by Crippen LogP contribution is 2.51. The monoisotopic (exact) mass is 387 g/mol. The van der Waals surface area contributed by atoms with Crippen molar-refractivity contribution in [3.05, 3.63) is 69.7 Å². The molecule has 1 aliphatic heterocycles. The van der Waals surface area contributed by atoms with E-state index in [1.165, 1.54) is 5.56 Å². The van der Waals surface area contributed by atoms with E-state index in [1.807, 2.05) is 12.1 Å². The molecule has 1 heterocycles. The lowest BCUT2D eigenvalue weighted by atomic mass is 9.77. The van der Waals surface area contributed by atoms with Crippen molar-refractivity contribution in [3.8, 4) is 5.75 Å². The van der Waals surface area contributed by atoms with Crippen LogP contribution in [-0.2, 0) is 0 Å². The number of fused-ring (bicyclic) bond motifs is 3. The molecule has 2 nitrogen and oxygen atoms in total. The smallest absolute Gasteiger partial charge is 0.119 e. The fraction of sp³-hybridized carbons (Fsp3) is 0.364. The van der Waals surface area contributed by atoms with Gasteiger partial charge >= 0.3 is 0 Å². The van der Waals surface area contributed by atoms with Gasteiger partial charge in [-0.15, -0.1) is 0 Å². The summed E-state index contributed by atoms with van der Waals surface area (Å²) in [5, 5.41) is 4.97. The van der Waals surface area contributed by atoms with Crippen LogP contribution in [0.5, 0.6) is 5.75 Å². The third kappa shape index (κ3) is 3.21. The van der Waals surface area contributed by atoms with Gasteiger partial charge in [0, 0.05) is 11.6 Å². The molecule has 1 N–H and O–H groups in total. The molecule has 0 saturated heterocycles. The van der Waals surface area contributed by atoms with Gasteiger partial charge in [-0.25, -0.2) is 0 Å². The summed E-state index contributed by atoms with van der Waals surface area (Å²) in [4.78, 5) is 0. The first kappa shape index (κ1) is 17.8. The van der Waals surface area contributed by atoms with Gasteiger partial charge < -0.3 is 10.1 Å². The molecule has 4 heteroatoms. The maximum atomic E-state index is 6.53. The van der Waals surface area contributed by atoms with Crippen molar-refractivity contribution in [1.82, 2.24) is 0 Å². The lowest BCUT2D eigenvalue weighted by Crippen LogP contribution is -2.29. The van der Waals surface area contributed by atoms with Crippen LogP contribution < -0.4 is 10.1 Å². The second kappa shape index (κ2) is 7.54. The third-order valence-electron chi connectivity index (χ3n) is 5.42. The molecule has 0 spiro atoms. The number of hydrogen-bond acceptors (Lipinski definition) is 2. The molecule has 0 aromatic heterocycles. The molecular weight excluding hydrogens is 365 g/mol. The number of benzene rings is 2. The van der Waals surface area contributed by atoms with E-state index >= 15 is 0 Å². The number of anilines is 1. The van der Waals surface area contributed by atoms with E-state index in [1.54, 1.807) is 0 Å². The van der Waals surface area contributed by atoms with Crippen LogP contribution in [0.3, 0.4) is 0 Å². The Morgan fingerprint density at radius 1 is 1.15 bits per heavy atom. The first-order valence-electron chi connectivity index (χ1n) is 9.33. The minimum absolute atomic E-state index is 0.153. The highest BCUT2D eigenvalue weighted by atomic mass is 35.5. The van der Waals surface area contributed by atoms with Gasteiger partial charge in [-0.2, -0.15) is 0 Å². The molecule has 0 saturated carbocycles. The first-order valence-corrected chi connectivity index (χ1v) is 10.1.